The van der Waals surface area contributed by atoms with E-state index >= 15 is 0 Å². The van der Waals surface area contributed by atoms with E-state index in [0.717, 1.165) is 11.8 Å². The van der Waals surface area contributed by atoms with Crippen LogP contribution in [0, 0.1) is 5.41 Å². The number of carboxylic acids is 1. The fraction of sp³-hybridized carbons (Fsp3) is 0.762. The lowest BCUT2D eigenvalue weighted by atomic mass is 9.87. The number of nitrogens with zero attached hydrogens (tertiary/aromatic N) is 1. The number of nitrogens with one attached hydrogen (secondary N) is 2. The fourth-order valence-electron chi connectivity index (χ4n) is 2.24. The van der Waals surface area contributed by atoms with Gasteiger partial charge in [0, 0.05) is 37.1 Å². The number of rotatable bonds is 16. The van der Waals surface area contributed by atoms with Gasteiger partial charge in [-0.2, -0.15) is 0 Å². The first kappa shape index (κ1) is 31.6. The van der Waals surface area contributed by atoms with Crippen LogP contribution < -0.4 is 10.6 Å². The lowest BCUT2D eigenvalue weighted by Crippen LogP contribution is -2.47. The molecule has 2 amide bonds. The number of hydrogen-bond acceptors (Lipinski definition) is 9. The third kappa shape index (κ3) is 16.3. The lowest BCUT2D eigenvalue weighted by Gasteiger charge is -2.29. The molecule has 12 nitrogen and oxygen atoms in total. The Morgan fingerprint density at radius 3 is 2.21 bits per heavy atom. The monoisotopic (exact) mass is 508 g/mol. The molecule has 0 aromatic rings. The molecule has 0 rings (SSSR count). The van der Waals surface area contributed by atoms with E-state index in [2.05, 4.69) is 10.6 Å². The molecule has 0 saturated heterocycles. The van der Waals surface area contributed by atoms with E-state index in [9.17, 15) is 29.1 Å². The predicted molar refractivity (Wildman–Crippen MR) is 125 cm³/mol. The Hall–Kier alpha value is -2.38. The maximum absolute atomic E-state index is 12.2. The highest BCUT2D eigenvalue weighted by atomic mass is 32.2. The van der Waals surface area contributed by atoms with Crippen molar-refractivity contribution in [2.45, 2.75) is 39.2 Å². The van der Waals surface area contributed by atoms with Gasteiger partial charge in [-0.15, -0.1) is 0 Å². The van der Waals surface area contributed by atoms with Crippen LogP contribution in [0.15, 0.2) is 0 Å². The first-order valence-corrected chi connectivity index (χ1v) is 11.8. The van der Waals surface area contributed by atoms with Crippen LogP contribution in [0.2, 0.25) is 0 Å². The van der Waals surface area contributed by atoms with Gasteiger partial charge in [-0.3, -0.25) is 19.2 Å². The number of carbonyl (C=O) groups excluding carboxylic acids is 4. The van der Waals surface area contributed by atoms with E-state index in [1.54, 1.807) is 13.8 Å². The number of amides is 2. The van der Waals surface area contributed by atoms with Crippen LogP contribution in [0.25, 0.3) is 0 Å². The molecule has 0 aliphatic carbocycles. The van der Waals surface area contributed by atoms with Gasteiger partial charge in [0.25, 0.3) is 0 Å². The highest BCUT2D eigenvalue weighted by Gasteiger charge is 2.35. The smallest absolute Gasteiger partial charge is 0.481 e. The number of likely N-dealkylation sites (N-methyl/N-ethyl adjacent to an activating group) is 1. The van der Waals surface area contributed by atoms with E-state index in [1.807, 2.05) is 21.1 Å². The van der Waals surface area contributed by atoms with Crippen LogP contribution in [0.5, 0.6) is 0 Å². The fourth-order valence-corrected chi connectivity index (χ4v) is 2.92. The molecule has 0 radical (unpaired) electrons. The van der Waals surface area contributed by atoms with Crippen molar-refractivity contribution in [1.82, 2.24) is 10.6 Å². The van der Waals surface area contributed by atoms with Crippen LogP contribution in [-0.4, -0.2) is 110 Å². The molecule has 1 atom stereocenters. The summed E-state index contributed by atoms with van der Waals surface area (Å²) in [6.45, 7) is 3.84. The van der Waals surface area contributed by atoms with Gasteiger partial charge in [-0.1, -0.05) is 25.6 Å². The summed E-state index contributed by atoms with van der Waals surface area (Å²) in [6.07, 6.45) is -2.70. The Balaban J connectivity index is 4.12. The van der Waals surface area contributed by atoms with E-state index in [4.69, 9.17) is 14.6 Å². The quantitative estimate of drug-likeness (QED) is 0.126. The number of carbonyl (C=O) groups is 5. The molecule has 0 fully saturated rings. The Morgan fingerprint density at radius 2 is 1.62 bits per heavy atom. The molecular formula is C21H38N3O9S+. The molecule has 0 aliphatic rings. The highest BCUT2D eigenvalue weighted by Crippen LogP contribution is 2.21. The Labute approximate surface area is 204 Å². The van der Waals surface area contributed by atoms with Gasteiger partial charge < -0.3 is 34.8 Å². The maximum atomic E-state index is 12.2. The molecule has 196 valence electrons. The third-order valence-electron chi connectivity index (χ3n) is 4.41. The SMILES string of the molecule is CC(C)(COC(=O)OCC[N+](C)(C)C)[C@@H](O)C(=O)NCCC(=O)NCCSC(=O)CCC(=O)O. The summed E-state index contributed by atoms with van der Waals surface area (Å²) in [7, 11) is 5.85. The van der Waals surface area contributed by atoms with E-state index in [1.165, 1.54) is 0 Å². The topological polar surface area (TPSA) is 168 Å². The van der Waals surface area contributed by atoms with Crippen LogP contribution in [-0.2, 0) is 28.7 Å². The van der Waals surface area contributed by atoms with Gasteiger partial charge in [0.15, 0.2) is 5.12 Å². The molecule has 4 N–H and O–H groups in total. The van der Waals surface area contributed by atoms with Crippen molar-refractivity contribution >= 4 is 40.8 Å². The van der Waals surface area contributed by atoms with Crippen molar-refractivity contribution in [2.24, 2.45) is 5.41 Å². The van der Waals surface area contributed by atoms with Gasteiger partial charge in [0.1, 0.15) is 25.9 Å². The minimum absolute atomic E-state index is 0.0174. The summed E-state index contributed by atoms with van der Waals surface area (Å²) in [5, 5.41) is 23.6. The Morgan fingerprint density at radius 1 is 0.971 bits per heavy atom. The van der Waals surface area contributed by atoms with Crippen LogP contribution >= 0.6 is 11.8 Å². The van der Waals surface area contributed by atoms with Gasteiger partial charge in [-0.05, 0) is 0 Å². The average molecular weight is 509 g/mol. The van der Waals surface area contributed by atoms with Crippen molar-refractivity contribution in [1.29, 1.82) is 0 Å². The summed E-state index contributed by atoms with van der Waals surface area (Å²) in [5.41, 5.74) is -1.09. The zero-order chi connectivity index (χ0) is 26.4. The van der Waals surface area contributed by atoms with Crippen LogP contribution in [0.3, 0.4) is 0 Å². The largest absolute Gasteiger partial charge is 0.508 e. The molecule has 0 aromatic heterocycles. The minimum Gasteiger partial charge on any atom is -0.481 e. The first-order chi connectivity index (χ1) is 15.6. The lowest BCUT2D eigenvalue weighted by molar-refractivity contribution is -0.870. The van der Waals surface area contributed by atoms with Gasteiger partial charge in [0.2, 0.25) is 11.8 Å². The second-order valence-corrected chi connectivity index (χ2v) is 10.4. The first-order valence-electron chi connectivity index (χ1n) is 10.8. The molecule has 0 heterocycles. The van der Waals surface area contributed by atoms with Crippen molar-refractivity contribution < 1.29 is 48.1 Å². The summed E-state index contributed by atoms with van der Waals surface area (Å²) < 4.78 is 10.6. The second kappa shape index (κ2) is 15.5. The molecule has 13 heteroatoms. The Kier molecular flexibility index (Phi) is 14.4. The predicted octanol–water partition coefficient (Wildman–Crippen LogP) is -0.0200. The summed E-state index contributed by atoms with van der Waals surface area (Å²) in [4.78, 5) is 57.5. The van der Waals surface area contributed by atoms with E-state index < -0.39 is 29.6 Å². The number of aliphatic hydroxyl groups excluding tert-OH is 1. The molecule has 34 heavy (non-hydrogen) atoms. The number of ether oxygens (including phenoxy) is 2. The number of thioether (sulfide) groups is 1. The minimum atomic E-state index is -1.48. The molecule has 0 unspecified atom stereocenters. The standard InChI is InChI=1S/C21H37N3O9S/c1-21(2,14-33-20(31)32-12-11-24(3,4)5)18(29)19(30)23-9-8-15(25)22-10-13-34-17(28)7-6-16(26)27/h18,29H,6-14H2,1-5H3,(H2-,22,23,25,26,27,30)/p+1/t18-/m0/s1. The zero-order valence-electron chi connectivity index (χ0n) is 20.5. The molecule has 0 saturated carbocycles. The van der Waals surface area contributed by atoms with Crippen LogP contribution in [0.4, 0.5) is 4.79 Å². The van der Waals surface area contributed by atoms with Gasteiger partial charge >= 0.3 is 12.1 Å². The molecular weight excluding hydrogens is 470 g/mol. The van der Waals surface area contributed by atoms with Crippen molar-refractivity contribution in [2.75, 3.05) is 59.7 Å². The van der Waals surface area contributed by atoms with Crippen molar-refractivity contribution in [3.63, 3.8) is 0 Å². The zero-order valence-corrected chi connectivity index (χ0v) is 21.4. The molecule has 0 spiro atoms. The molecule has 0 bridgehead atoms. The molecule has 0 aromatic carbocycles. The Bertz CT molecular complexity index is 708. The average Bonchev–Trinajstić information content (AvgIpc) is 2.72. The van der Waals surface area contributed by atoms with Crippen molar-refractivity contribution in [3.8, 4) is 0 Å². The summed E-state index contributed by atoms with van der Waals surface area (Å²) in [5.74, 6) is -1.80. The number of quaternary nitrogens is 1. The van der Waals surface area contributed by atoms with Crippen LogP contribution in [0.1, 0.15) is 33.1 Å². The second-order valence-electron chi connectivity index (χ2n) is 9.30. The van der Waals surface area contributed by atoms with Crippen molar-refractivity contribution in [3.05, 3.63) is 0 Å². The maximum Gasteiger partial charge on any atom is 0.508 e. The number of hydrogen-bond donors (Lipinski definition) is 4. The van der Waals surface area contributed by atoms with E-state index in [-0.39, 0.29) is 56.6 Å². The van der Waals surface area contributed by atoms with E-state index in [0.29, 0.717) is 16.8 Å². The number of aliphatic carboxylic acids is 1. The van der Waals surface area contributed by atoms with Gasteiger partial charge in [0.05, 0.1) is 27.6 Å². The highest BCUT2D eigenvalue weighted by molar-refractivity contribution is 8.13. The summed E-state index contributed by atoms with van der Waals surface area (Å²) >= 11 is 0.942. The molecule has 0 aliphatic heterocycles. The summed E-state index contributed by atoms with van der Waals surface area (Å²) in [6, 6.07) is 0. The third-order valence-corrected chi connectivity index (χ3v) is 5.35. The number of aliphatic hydroxyl groups is 1. The number of carboxylic acid groups (broad SMARTS) is 1. The normalized spacial score (nSPS) is 12.4. The van der Waals surface area contributed by atoms with Gasteiger partial charge in [-0.25, -0.2) is 4.79 Å².